The molecule has 4 aromatic rings. The number of rotatable bonds is 24. The second kappa shape index (κ2) is 40.9. The first-order valence-corrected chi connectivity index (χ1v) is 32.0. The number of benzene rings is 4. The second-order valence-electron chi connectivity index (χ2n) is 21.9. The highest BCUT2D eigenvalue weighted by Gasteiger charge is 2.37. The maximum Gasteiger partial charge on any atom is 0.279 e. The van der Waals surface area contributed by atoms with Gasteiger partial charge in [-0.25, -0.2) is 0 Å². The Kier molecular flexibility index (Phi) is 34.8. The van der Waals surface area contributed by atoms with Crippen LogP contribution in [0.4, 0.5) is 0 Å². The number of carboxylic acid groups (broad SMARTS) is 2. The number of aliphatic hydroxyl groups is 1. The highest BCUT2D eigenvalue weighted by molar-refractivity contribution is 8.76. The van der Waals surface area contributed by atoms with Gasteiger partial charge in [0.2, 0.25) is 29.5 Å². The third-order valence-corrected chi connectivity index (χ3v) is 16.5. The van der Waals surface area contributed by atoms with Gasteiger partial charge in [-0.15, -0.1) is 0 Å². The zero-order chi connectivity index (χ0) is 66.9. The maximum atomic E-state index is 15.0. The Bertz CT molecular complexity index is 2950. The lowest BCUT2D eigenvalue weighted by Crippen LogP contribution is -2.69. The molecule has 1 fully saturated rings. The largest absolute Gasteiger partial charge is 0.550 e. The van der Waals surface area contributed by atoms with Crippen molar-refractivity contribution in [3.8, 4) is 11.5 Å². The molecule has 494 valence electrons. The number of nitrogens with two attached hydrogens (primary N) is 1. The van der Waals surface area contributed by atoms with E-state index in [1.54, 1.807) is 57.4 Å². The molecule has 15 N–H and O–H groups in total. The Labute approximate surface area is 532 Å². The third kappa shape index (κ3) is 28.9. The molecule has 90 heavy (non-hydrogen) atoms. The number of carboxylic acids is 2. The van der Waals surface area contributed by atoms with Gasteiger partial charge < -0.3 is 88.0 Å². The van der Waals surface area contributed by atoms with Crippen LogP contribution in [-0.4, -0.2) is 163 Å². The summed E-state index contributed by atoms with van der Waals surface area (Å²) in [7, 11) is 3.81. The summed E-state index contributed by atoms with van der Waals surface area (Å²) in [4.78, 5) is 132. The molecule has 25 nitrogen and oxygen atoms in total. The lowest BCUT2D eigenvalue weighted by Gasteiger charge is -2.29. The SMILES string of the molecule is CC(=O)[O-].CC(=O)[O-].COCCOCCOc1ccc(C[C@H]2NC(=O)[C@H](Cc3ccc(O)cc3)CC(=O)[C@@H](NC(=O)[C@H]([NH3+])Cc3ccc4ccccc4c3)CSSC[C@@H](C(=O)N[C@H](C(N)=O)[C@@H](C)O)CC(=O)[C@H](C(C)C)NC(=O)[C@H](CCCC[NH3+])NC2=O)cc1. The van der Waals surface area contributed by atoms with Crippen LogP contribution in [0.2, 0.25) is 0 Å². The molecule has 6 amide bonds. The van der Waals surface area contributed by atoms with Gasteiger partial charge in [-0.1, -0.05) is 102 Å². The van der Waals surface area contributed by atoms with Crippen LogP contribution < -0.4 is 58.7 Å². The van der Waals surface area contributed by atoms with Gasteiger partial charge in [-0.2, -0.15) is 0 Å². The third-order valence-electron chi connectivity index (χ3n) is 14.0. The van der Waals surface area contributed by atoms with Crippen LogP contribution in [0.5, 0.6) is 11.5 Å². The van der Waals surface area contributed by atoms with Gasteiger partial charge in [0, 0.05) is 62.2 Å². The average Bonchev–Trinajstić information content (AvgIpc) is 1.45. The summed E-state index contributed by atoms with van der Waals surface area (Å²) < 4.78 is 16.4. The number of ketones is 2. The zero-order valence-corrected chi connectivity index (χ0v) is 53.5. The number of hydrogen-bond donors (Lipinski definition) is 10. The Hall–Kier alpha value is -7.66. The summed E-state index contributed by atoms with van der Waals surface area (Å²) in [5.74, 6) is -10.2. The quantitative estimate of drug-likeness (QED) is 0.0286. The van der Waals surface area contributed by atoms with E-state index in [1.807, 2.05) is 42.5 Å². The van der Waals surface area contributed by atoms with E-state index in [4.69, 9.17) is 39.7 Å². The number of Topliss-reactive ketones (excluding diaryl/α,β-unsaturated/α-hetero) is 2. The van der Waals surface area contributed by atoms with Crippen molar-refractivity contribution in [1.29, 1.82) is 0 Å². The number of phenolic OH excluding ortho intramolecular Hbond substituents is 1. The van der Waals surface area contributed by atoms with Gasteiger partial charge in [0.1, 0.15) is 36.2 Å². The second-order valence-corrected chi connectivity index (χ2v) is 24.5. The Morgan fingerprint density at radius 3 is 1.91 bits per heavy atom. The van der Waals surface area contributed by atoms with Crippen molar-refractivity contribution in [3.05, 3.63) is 108 Å². The van der Waals surface area contributed by atoms with Crippen LogP contribution in [0.25, 0.3) is 10.8 Å². The summed E-state index contributed by atoms with van der Waals surface area (Å²) in [5, 5.41) is 54.3. The minimum absolute atomic E-state index is 0.0268. The van der Waals surface area contributed by atoms with Crippen LogP contribution in [0.1, 0.15) is 83.4 Å². The van der Waals surface area contributed by atoms with Crippen molar-refractivity contribution in [2.75, 3.05) is 51.6 Å². The predicted molar refractivity (Wildman–Crippen MR) is 334 cm³/mol. The molecule has 0 aromatic heterocycles. The summed E-state index contributed by atoms with van der Waals surface area (Å²) in [6.07, 6.45) is -0.983. The molecule has 4 aromatic carbocycles. The van der Waals surface area contributed by atoms with Gasteiger partial charge in [-0.3, -0.25) is 38.4 Å². The van der Waals surface area contributed by atoms with Crippen LogP contribution in [0.3, 0.4) is 0 Å². The average molecular weight is 1290 g/mol. The molecule has 0 unspecified atom stereocenters. The van der Waals surface area contributed by atoms with Gasteiger partial charge in [0.05, 0.1) is 50.5 Å². The first-order chi connectivity index (χ1) is 42.7. The molecule has 9 atom stereocenters. The van der Waals surface area contributed by atoms with Crippen molar-refractivity contribution in [2.24, 2.45) is 23.5 Å². The minimum Gasteiger partial charge on any atom is -0.550 e. The van der Waals surface area contributed by atoms with Crippen molar-refractivity contribution in [2.45, 2.75) is 128 Å². The molecular weight excluding hydrogens is 1200 g/mol. The van der Waals surface area contributed by atoms with E-state index >= 15 is 0 Å². The van der Waals surface area contributed by atoms with E-state index in [-0.39, 0.29) is 49.5 Å². The highest BCUT2D eigenvalue weighted by Crippen LogP contribution is 2.29. The number of unbranched alkanes of at least 4 members (excludes halogenated alkanes) is 1. The van der Waals surface area contributed by atoms with Gasteiger partial charge in [0.15, 0.2) is 17.6 Å². The monoisotopic (exact) mass is 1290 g/mol. The molecule has 0 saturated carbocycles. The Morgan fingerprint density at radius 1 is 0.722 bits per heavy atom. The number of aliphatic carboxylic acids is 2. The fraction of sp³-hybridized carbons (Fsp3) is 0.492. The van der Waals surface area contributed by atoms with Crippen molar-refractivity contribution in [3.63, 3.8) is 0 Å². The van der Waals surface area contributed by atoms with E-state index < -0.39 is 132 Å². The van der Waals surface area contributed by atoms with Crippen molar-refractivity contribution >= 4 is 91.3 Å². The maximum absolute atomic E-state index is 15.0. The number of ether oxygens (including phenoxy) is 3. The molecule has 1 saturated heterocycles. The molecular formula is C63H88N8O17S2. The number of fused-ring (bicyclic) bond motifs is 1. The van der Waals surface area contributed by atoms with E-state index in [0.29, 0.717) is 56.1 Å². The number of carbonyl (C=O) groups is 10. The molecule has 0 spiro atoms. The number of carbonyl (C=O) groups excluding carboxylic acids is 10. The summed E-state index contributed by atoms with van der Waals surface area (Å²) >= 11 is 0. The molecule has 27 heteroatoms. The van der Waals surface area contributed by atoms with Crippen LogP contribution in [0.15, 0.2) is 91.0 Å². The predicted octanol–water partition coefficient (Wildman–Crippen LogP) is -1.36. The van der Waals surface area contributed by atoms with Gasteiger partial charge >= 0.3 is 0 Å². The highest BCUT2D eigenvalue weighted by atomic mass is 33.1. The standard InChI is InChI=1S/C59H80N8O13S2.2C2H4O2/c1-35(2)52-51(71)32-43(56(74)67-53(36(3)68)54(62)72)33-81-82-34-49(65-57(75)46(61)29-39-12-17-40-9-5-6-10-41(40)28-39)50(70)31-42(27-37-13-18-44(69)19-14-37)55(73)64-48(59(77)63-47(58(76)66-52)11-7-8-22-60)30-38-15-20-45(21-16-38)80-26-25-79-24-23-78-4;2*1-2(3)4/h5-6,9-10,12-21,28,35-36,42-43,46-49,52-53,68-69H,7-8,11,22-27,29-34,60-61H2,1-4H3,(H2,62,72)(H,63,77)(H,64,73)(H,65,75)(H,66,76)(H,67,74);2*1H3,(H,3,4)/t36-,42-,43+,46-,47+,48-,49+,52+,53+;;/m1../s1. The lowest BCUT2D eigenvalue weighted by molar-refractivity contribution is -0.403. The first kappa shape index (κ1) is 76.6. The number of nitrogens with one attached hydrogen (secondary N) is 5. The number of hydrogen-bond acceptors (Lipinski definition) is 19. The lowest BCUT2D eigenvalue weighted by atomic mass is 9.90. The normalized spacial score (nSPS) is 19.8. The number of quaternary nitrogens is 2. The van der Waals surface area contributed by atoms with Crippen LogP contribution in [-0.2, 0) is 76.7 Å². The number of methoxy groups -OCH3 is 1. The molecule has 1 heterocycles. The number of phenols is 1. The number of aromatic hydroxyl groups is 1. The summed E-state index contributed by atoms with van der Waals surface area (Å²) in [6, 6.07) is 19.3. The summed E-state index contributed by atoms with van der Waals surface area (Å²) in [5.41, 5.74) is 15.6. The van der Waals surface area contributed by atoms with Crippen molar-refractivity contribution < 1.29 is 94.0 Å². The topological polar surface area (TPSA) is 426 Å². The zero-order valence-electron chi connectivity index (χ0n) is 51.9. The molecule has 0 aliphatic carbocycles. The molecule has 0 bridgehead atoms. The van der Waals surface area contributed by atoms with E-state index in [9.17, 15) is 48.6 Å². The first-order valence-electron chi connectivity index (χ1n) is 29.5. The number of amides is 6. The summed E-state index contributed by atoms with van der Waals surface area (Å²) in [6.45, 7) is 8.60. The fourth-order valence-electron chi connectivity index (χ4n) is 9.21. The van der Waals surface area contributed by atoms with Crippen LogP contribution in [0, 0.1) is 17.8 Å². The molecule has 1 aliphatic rings. The molecule has 1 aliphatic heterocycles. The fourth-order valence-corrected chi connectivity index (χ4v) is 11.7. The van der Waals surface area contributed by atoms with E-state index in [2.05, 4.69) is 38.1 Å². The molecule has 5 rings (SSSR count). The van der Waals surface area contributed by atoms with E-state index in [0.717, 1.165) is 51.8 Å². The number of primary amides is 1. The smallest absolute Gasteiger partial charge is 0.279 e. The Morgan fingerprint density at radius 2 is 1.30 bits per heavy atom. The van der Waals surface area contributed by atoms with Gasteiger partial charge in [-0.05, 0) is 104 Å². The van der Waals surface area contributed by atoms with Crippen LogP contribution >= 0.6 is 21.6 Å². The Balaban J connectivity index is 0.00000249. The molecule has 0 radical (unpaired) electrons. The van der Waals surface area contributed by atoms with Gasteiger partial charge in [0.25, 0.3) is 5.91 Å². The van der Waals surface area contributed by atoms with Crippen molar-refractivity contribution in [1.82, 2.24) is 26.6 Å². The number of aliphatic hydroxyl groups excluding tert-OH is 1. The van der Waals surface area contributed by atoms with E-state index in [1.165, 1.54) is 19.1 Å². The minimum atomic E-state index is -1.50.